The van der Waals surface area contributed by atoms with Crippen molar-refractivity contribution in [2.75, 3.05) is 0 Å². The normalized spacial score (nSPS) is 10.2. The number of hydrogen-bond acceptors (Lipinski definition) is 1. The number of hydrogen-bond donors (Lipinski definition) is 0. The zero-order valence-electron chi connectivity index (χ0n) is 6.80. The van der Waals surface area contributed by atoms with Crippen LogP contribution in [0.25, 0.3) is 6.08 Å². The van der Waals surface area contributed by atoms with Crippen molar-refractivity contribution in [1.29, 1.82) is 5.26 Å². The summed E-state index contributed by atoms with van der Waals surface area (Å²) in [4.78, 5) is 0. The number of alkyl halides is 1. The number of allylic oxidation sites excluding steroid dienone is 1. The zero-order chi connectivity index (χ0) is 9.68. The van der Waals surface area contributed by atoms with E-state index in [1.807, 2.05) is 6.07 Å². The van der Waals surface area contributed by atoms with Crippen LogP contribution in [-0.2, 0) is 5.88 Å². The van der Waals surface area contributed by atoms with E-state index < -0.39 is 0 Å². The Hall–Kier alpha value is -1.33. The molecule has 0 aromatic heterocycles. The fourth-order valence-electron chi connectivity index (χ4n) is 0.909. The first-order chi connectivity index (χ1) is 6.27. The van der Waals surface area contributed by atoms with Gasteiger partial charge in [0.2, 0.25) is 0 Å². The summed E-state index contributed by atoms with van der Waals surface area (Å²) in [6.07, 6.45) is 2.84. The van der Waals surface area contributed by atoms with Crippen LogP contribution in [0.15, 0.2) is 24.3 Å². The molecular weight excluding hydrogens is 189 g/mol. The molecule has 0 saturated carbocycles. The third-order valence-corrected chi connectivity index (χ3v) is 1.86. The molecule has 1 aromatic rings. The number of halogens is 2. The lowest BCUT2D eigenvalue weighted by Crippen LogP contribution is -1.86. The summed E-state index contributed by atoms with van der Waals surface area (Å²) in [6, 6.07) is 6.52. The van der Waals surface area contributed by atoms with Crippen LogP contribution >= 0.6 is 11.6 Å². The van der Waals surface area contributed by atoms with E-state index >= 15 is 0 Å². The maximum absolute atomic E-state index is 13.1. The maximum Gasteiger partial charge on any atom is 0.128 e. The van der Waals surface area contributed by atoms with Crippen LogP contribution in [0.1, 0.15) is 11.1 Å². The Balaban J connectivity index is 2.97. The SMILES string of the molecule is N#CC=Cc1ccc(CCl)c(F)c1. The van der Waals surface area contributed by atoms with Gasteiger partial charge in [-0.3, -0.25) is 0 Å². The van der Waals surface area contributed by atoms with E-state index in [-0.39, 0.29) is 11.7 Å². The molecule has 0 saturated heterocycles. The molecule has 0 N–H and O–H groups in total. The van der Waals surface area contributed by atoms with Gasteiger partial charge in [-0.2, -0.15) is 5.26 Å². The smallest absolute Gasteiger partial charge is 0.128 e. The summed E-state index contributed by atoms with van der Waals surface area (Å²) in [5.41, 5.74) is 1.13. The van der Waals surface area contributed by atoms with Crippen molar-refractivity contribution < 1.29 is 4.39 Å². The molecule has 0 aliphatic carbocycles. The summed E-state index contributed by atoms with van der Waals surface area (Å²) < 4.78 is 13.1. The van der Waals surface area contributed by atoms with Gasteiger partial charge in [0.15, 0.2) is 0 Å². The van der Waals surface area contributed by atoms with E-state index in [1.165, 1.54) is 12.1 Å². The Bertz CT molecular complexity index is 366. The summed E-state index contributed by atoms with van der Waals surface area (Å²) in [7, 11) is 0. The number of benzene rings is 1. The quantitative estimate of drug-likeness (QED) is 0.526. The van der Waals surface area contributed by atoms with Gasteiger partial charge in [0.1, 0.15) is 5.82 Å². The largest absolute Gasteiger partial charge is 0.207 e. The first-order valence-electron chi connectivity index (χ1n) is 3.68. The van der Waals surface area contributed by atoms with E-state index in [4.69, 9.17) is 16.9 Å². The molecule has 66 valence electrons. The van der Waals surface area contributed by atoms with Crippen LogP contribution in [0.5, 0.6) is 0 Å². The van der Waals surface area contributed by atoms with Crippen LogP contribution in [0.3, 0.4) is 0 Å². The van der Waals surface area contributed by atoms with Gasteiger partial charge in [-0.05, 0) is 17.7 Å². The summed E-state index contributed by atoms with van der Waals surface area (Å²) in [6.45, 7) is 0. The average Bonchev–Trinajstić information content (AvgIpc) is 2.15. The lowest BCUT2D eigenvalue weighted by Gasteiger charge is -1.98. The second-order valence-corrected chi connectivity index (χ2v) is 2.71. The number of nitrogens with zero attached hydrogens (tertiary/aromatic N) is 1. The molecule has 0 amide bonds. The van der Waals surface area contributed by atoms with Gasteiger partial charge in [0, 0.05) is 11.6 Å². The molecule has 0 heterocycles. The van der Waals surface area contributed by atoms with Gasteiger partial charge >= 0.3 is 0 Å². The zero-order valence-corrected chi connectivity index (χ0v) is 7.55. The fourth-order valence-corrected chi connectivity index (χ4v) is 1.13. The third-order valence-electron chi connectivity index (χ3n) is 1.57. The maximum atomic E-state index is 13.1. The minimum atomic E-state index is -0.338. The average molecular weight is 196 g/mol. The van der Waals surface area contributed by atoms with Gasteiger partial charge in [-0.15, -0.1) is 11.6 Å². The molecule has 13 heavy (non-hydrogen) atoms. The Labute approximate surface area is 81.1 Å². The van der Waals surface area contributed by atoms with Crippen LogP contribution in [0.2, 0.25) is 0 Å². The molecule has 0 unspecified atom stereocenters. The highest BCUT2D eigenvalue weighted by Gasteiger charge is 1.99. The van der Waals surface area contributed by atoms with Crippen molar-refractivity contribution in [3.63, 3.8) is 0 Å². The lowest BCUT2D eigenvalue weighted by atomic mass is 10.1. The highest BCUT2D eigenvalue weighted by molar-refractivity contribution is 6.17. The molecule has 1 nitrogen and oxygen atoms in total. The van der Waals surface area contributed by atoms with Crippen molar-refractivity contribution in [2.24, 2.45) is 0 Å². The third kappa shape index (κ3) is 2.57. The highest BCUT2D eigenvalue weighted by atomic mass is 35.5. The number of rotatable bonds is 2. The van der Waals surface area contributed by atoms with Gasteiger partial charge in [0.25, 0.3) is 0 Å². The van der Waals surface area contributed by atoms with Gasteiger partial charge < -0.3 is 0 Å². The predicted octanol–water partition coefficient (Wildman–Crippen LogP) is 3.10. The Morgan fingerprint density at radius 2 is 2.31 bits per heavy atom. The van der Waals surface area contributed by atoms with Crippen molar-refractivity contribution in [1.82, 2.24) is 0 Å². The number of nitriles is 1. The van der Waals surface area contributed by atoms with E-state index in [0.29, 0.717) is 11.1 Å². The van der Waals surface area contributed by atoms with Crippen LogP contribution < -0.4 is 0 Å². The molecule has 1 aromatic carbocycles. The molecule has 0 aliphatic rings. The van der Waals surface area contributed by atoms with E-state index in [1.54, 1.807) is 18.2 Å². The minimum absolute atomic E-state index is 0.161. The second-order valence-electron chi connectivity index (χ2n) is 2.45. The van der Waals surface area contributed by atoms with E-state index in [9.17, 15) is 4.39 Å². The predicted molar refractivity (Wildman–Crippen MR) is 50.6 cm³/mol. The second kappa shape index (κ2) is 4.64. The first-order valence-corrected chi connectivity index (χ1v) is 4.22. The van der Waals surface area contributed by atoms with Crippen molar-refractivity contribution >= 4 is 17.7 Å². The van der Waals surface area contributed by atoms with Crippen LogP contribution in [0.4, 0.5) is 4.39 Å². The molecule has 0 atom stereocenters. The van der Waals surface area contributed by atoms with Crippen LogP contribution in [0, 0.1) is 17.1 Å². The van der Waals surface area contributed by atoms with Crippen molar-refractivity contribution in [3.8, 4) is 6.07 Å². The van der Waals surface area contributed by atoms with Gasteiger partial charge in [-0.25, -0.2) is 4.39 Å². The lowest BCUT2D eigenvalue weighted by molar-refractivity contribution is 0.616. The fraction of sp³-hybridized carbons (Fsp3) is 0.100. The minimum Gasteiger partial charge on any atom is -0.207 e. The highest BCUT2D eigenvalue weighted by Crippen LogP contribution is 2.13. The topological polar surface area (TPSA) is 23.8 Å². The molecule has 0 radical (unpaired) electrons. The molecule has 3 heteroatoms. The molecule has 0 fully saturated rings. The molecule has 0 aliphatic heterocycles. The summed E-state index contributed by atoms with van der Waals surface area (Å²) in [5, 5.41) is 8.25. The molecule has 0 bridgehead atoms. The van der Waals surface area contributed by atoms with Crippen molar-refractivity contribution in [3.05, 3.63) is 41.2 Å². The Morgan fingerprint density at radius 3 is 2.85 bits per heavy atom. The Morgan fingerprint density at radius 1 is 1.54 bits per heavy atom. The molecular formula is C10H7ClFN. The summed E-state index contributed by atoms with van der Waals surface area (Å²) >= 11 is 5.48. The van der Waals surface area contributed by atoms with Gasteiger partial charge in [0.05, 0.1) is 11.9 Å². The molecule has 1 rings (SSSR count). The van der Waals surface area contributed by atoms with Gasteiger partial charge in [-0.1, -0.05) is 12.1 Å². The summed E-state index contributed by atoms with van der Waals surface area (Å²) in [5.74, 6) is -0.177. The van der Waals surface area contributed by atoms with E-state index in [2.05, 4.69) is 0 Å². The van der Waals surface area contributed by atoms with Crippen molar-refractivity contribution in [2.45, 2.75) is 5.88 Å². The molecule has 0 spiro atoms. The standard InChI is InChI=1S/C10H7ClFN/c11-7-9-4-3-8(2-1-5-13)6-10(9)12/h1-4,6H,7H2. The first kappa shape index (κ1) is 9.76. The van der Waals surface area contributed by atoms with Crippen LogP contribution in [-0.4, -0.2) is 0 Å². The monoisotopic (exact) mass is 195 g/mol. The van der Waals surface area contributed by atoms with E-state index in [0.717, 1.165) is 0 Å². The Kier molecular flexibility index (Phi) is 3.48.